The number of carbonyl (C=O) groups excluding carboxylic acids is 1. The van der Waals surface area contributed by atoms with E-state index in [9.17, 15) is 9.18 Å². The molecule has 0 unspecified atom stereocenters. The van der Waals surface area contributed by atoms with Crippen LogP contribution in [0.25, 0.3) is 63.3 Å². The second kappa shape index (κ2) is 40.3. The number of hydrogen-bond acceptors (Lipinski definition) is 14. The van der Waals surface area contributed by atoms with E-state index in [1.165, 1.54) is 29.5 Å². The molecule has 502 valence electrons. The number of rotatable bonds is 19. The van der Waals surface area contributed by atoms with Crippen LogP contribution in [-0.2, 0) is 62.9 Å². The number of ether oxygens (including phenoxy) is 1. The van der Waals surface area contributed by atoms with Gasteiger partial charge in [-0.15, -0.1) is 5.10 Å². The van der Waals surface area contributed by atoms with Gasteiger partial charge in [0.15, 0.2) is 69.8 Å². The van der Waals surface area contributed by atoms with Gasteiger partial charge in [0.1, 0.15) is 5.82 Å². The first-order valence-electron chi connectivity index (χ1n) is 33.8. The Bertz CT molecular complexity index is 4320. The van der Waals surface area contributed by atoms with E-state index in [0.29, 0.717) is 24.0 Å². The molecule has 0 saturated carbocycles. The quantitative estimate of drug-likeness (QED) is 0.0545. The molecular weight excluding hydrogens is 1450 g/mol. The van der Waals surface area contributed by atoms with Gasteiger partial charge in [0, 0.05) is 125 Å². The van der Waals surface area contributed by atoms with Gasteiger partial charge in [-0.1, -0.05) is 158 Å². The maximum Gasteiger partial charge on any atom is 0.191 e. The summed E-state index contributed by atoms with van der Waals surface area (Å²) in [5, 5.41) is 27.5. The third kappa shape index (κ3) is 20.6. The maximum absolute atomic E-state index is 10.8. The average Bonchev–Trinajstić information content (AvgIpc) is 1.64. The molecule has 12 aromatic rings. The monoisotopic (exact) mass is 1540 g/mol. The Hall–Kier alpha value is -8.35. The van der Waals surface area contributed by atoms with E-state index >= 15 is 0 Å². The van der Waals surface area contributed by atoms with E-state index in [2.05, 4.69) is 131 Å². The fourth-order valence-corrected chi connectivity index (χ4v) is 10.3. The second-order valence-corrected chi connectivity index (χ2v) is 22.1. The van der Waals surface area contributed by atoms with Gasteiger partial charge in [-0.3, -0.25) is 9.18 Å². The molecule has 1 fully saturated rings. The molecule has 0 atom stereocenters. The first-order chi connectivity index (χ1) is 46.9. The first kappa shape index (κ1) is 75.0. The predicted molar refractivity (Wildman–Crippen MR) is 374 cm³/mol. The van der Waals surface area contributed by atoms with E-state index in [-0.39, 0.29) is 43.5 Å². The smallest absolute Gasteiger partial charge is 0.191 e. The van der Waals surface area contributed by atoms with Crippen molar-refractivity contribution < 1.29 is 58.8 Å². The third-order valence-corrected chi connectivity index (χ3v) is 15.3. The van der Waals surface area contributed by atoms with Crippen molar-refractivity contribution in [2.45, 2.75) is 160 Å². The zero-order valence-corrected chi connectivity index (χ0v) is 62.0. The van der Waals surface area contributed by atoms with Crippen molar-refractivity contribution in [3.63, 3.8) is 0 Å². The third-order valence-electron chi connectivity index (χ3n) is 15.3. The number of aldehydes is 1. The van der Waals surface area contributed by atoms with Crippen LogP contribution < -0.4 is 12.4 Å². The molecule has 20 nitrogen and oxygen atoms in total. The van der Waals surface area contributed by atoms with E-state index in [0.717, 1.165) is 176 Å². The first-order valence-corrected chi connectivity index (χ1v) is 32.5. The van der Waals surface area contributed by atoms with Gasteiger partial charge in [0.05, 0.1) is 8.52 Å². The van der Waals surface area contributed by atoms with Crippen molar-refractivity contribution >= 4 is 43.8 Å². The number of halogens is 2. The number of carbonyl (C=O) groups is 1. The Morgan fingerprint density at radius 1 is 0.479 bits per heavy atom. The summed E-state index contributed by atoms with van der Waals surface area (Å²) in [5.41, 5.74) is 12.9. The van der Waals surface area contributed by atoms with Crippen LogP contribution in [-0.4, -0.2) is 124 Å². The topological polar surface area (TPSA) is 209 Å². The van der Waals surface area contributed by atoms with Crippen molar-refractivity contribution in [1.82, 2.24) is 88.1 Å². The van der Waals surface area contributed by atoms with Crippen molar-refractivity contribution in [2.24, 2.45) is 0 Å². The van der Waals surface area contributed by atoms with Crippen molar-refractivity contribution in [3.8, 4) is 34.2 Å². The van der Waals surface area contributed by atoms with Gasteiger partial charge in [-0.05, 0) is 121 Å². The normalized spacial score (nSPS) is 11.6. The number of alkyl halides is 1. The molecule has 24 heteroatoms. The summed E-state index contributed by atoms with van der Waals surface area (Å²) < 4.78 is 37.1. The number of nitrogens with zero attached hydrogens (tertiary/aromatic N) is 18. The molecular formula is C72H90BClFN18O2U-. The molecule has 0 amide bonds. The van der Waals surface area contributed by atoms with Gasteiger partial charge < -0.3 is 17.1 Å². The molecule has 1 aliphatic heterocycles. The molecule has 96 heavy (non-hydrogen) atoms. The van der Waals surface area contributed by atoms with E-state index in [4.69, 9.17) is 37.6 Å². The minimum Gasteiger partial charge on any atom is -1.00 e. The summed E-state index contributed by atoms with van der Waals surface area (Å²) >= 11 is 0. The molecule has 10 heterocycles. The van der Waals surface area contributed by atoms with Crippen LogP contribution in [0.15, 0.2) is 127 Å². The number of pyridine rings is 3. The molecule has 13 rings (SSSR count). The van der Waals surface area contributed by atoms with Gasteiger partial charge in [0.2, 0.25) is 0 Å². The van der Waals surface area contributed by atoms with Gasteiger partial charge in [-0.25, -0.2) is 57.5 Å². The van der Waals surface area contributed by atoms with Crippen LogP contribution in [0.2, 0.25) is 0 Å². The van der Waals surface area contributed by atoms with Gasteiger partial charge >= 0.3 is 0 Å². The molecule has 9 aromatic heterocycles. The molecule has 0 aliphatic carbocycles. The van der Waals surface area contributed by atoms with Crippen molar-refractivity contribution in [3.05, 3.63) is 196 Å². The van der Waals surface area contributed by atoms with Crippen LogP contribution in [0.4, 0.5) is 4.39 Å². The summed E-state index contributed by atoms with van der Waals surface area (Å²) in [6.45, 7) is 25.4. The zero-order chi connectivity index (χ0) is 68.8. The number of benzene rings is 3. The SMILES string of the molecule is C1CCOC1.CCCn1nc(-c2ccccc2)nc1/C=C/c1nc2c(CC)ccc(C)n2n1.CCCn1nc(-c2ccccc2)nc1C=O.CCCn1nc(-c2ccccc2)nc1CCc1nc2c(CC)ccc(C)n2n1.CCc1nc2c(CC)ccc(C)n2n1.[2H]CF.[2H][B].[Cl-].[U]. The van der Waals surface area contributed by atoms with E-state index in [1.54, 1.807) is 4.68 Å². The Morgan fingerprint density at radius 3 is 1.30 bits per heavy atom. The molecule has 0 spiro atoms. The molecule has 0 N–H and O–H groups in total. The molecule has 1 aliphatic rings. The Balaban J connectivity index is 0.000000231. The van der Waals surface area contributed by atoms with Crippen molar-refractivity contribution in [2.75, 3.05) is 20.4 Å². The zero-order valence-electron chi connectivity index (χ0n) is 59.1. The summed E-state index contributed by atoms with van der Waals surface area (Å²) in [4.78, 5) is 38.6. The summed E-state index contributed by atoms with van der Waals surface area (Å²) in [7, 11) is 2.75. The standard InChI is InChI=1S/C22H26N6.C22H24N6.C12H13N3O.C11H15N3.C4H8O.CH3F.BH.ClH.U/c2*1-4-15-27-20(24-21(26-27)18-9-7-6-8-10-18)14-13-19-23-22-17(5-2)12-11-16(3)28(22)25-19;1-2-8-15-11(9-16)13-12(14-15)10-6-4-3-5-7-10;1-4-9-7-6-8(3)14-11(9)12-10(5-2)13-14;1-2-4-5-3-1;1-2;;;/h6-12H,4-5,13-15H2,1-3H3;6-14H,4-5,15H2,1-3H3;3-7,9H,2,8H2,1H3;6-7H,4-5H2,1-3H3;1-4H2;1H3;2*1H;/p-1/b;14-13+;;;;;;;/i;;;;;2*1D;;. The number of aryl methyl sites for hydroxylation is 12. The summed E-state index contributed by atoms with van der Waals surface area (Å²) in [5.74, 6) is 6.79. The van der Waals surface area contributed by atoms with Crippen molar-refractivity contribution in [1.29, 1.82) is 1.34 Å². The fourth-order valence-electron chi connectivity index (χ4n) is 10.3. The largest absolute Gasteiger partial charge is 1.00 e. The van der Waals surface area contributed by atoms with Gasteiger partial charge in [0.25, 0.3) is 0 Å². The molecule has 1 saturated heterocycles. The molecule has 3 aromatic carbocycles. The van der Waals surface area contributed by atoms with E-state index in [1.807, 2.05) is 140 Å². The Labute approximate surface area is 598 Å². The second-order valence-electron chi connectivity index (χ2n) is 22.1. The van der Waals surface area contributed by atoms with Crippen LogP contribution in [0.1, 0.15) is 155 Å². The Kier molecular flexibility index (Phi) is 31.5. The van der Waals surface area contributed by atoms with Crippen LogP contribution in [0.5, 0.6) is 0 Å². The minimum atomic E-state index is -1.00. The summed E-state index contributed by atoms with van der Waals surface area (Å²) in [6.07, 6.45) is 15.4. The average molecular weight is 1540 g/mol. The summed E-state index contributed by atoms with van der Waals surface area (Å²) in [6, 6.07) is 42.5. The minimum absolute atomic E-state index is 0. The fraction of sp³-hybridized carbons (Fsp3) is 0.375. The number of aromatic nitrogens is 18. The van der Waals surface area contributed by atoms with Gasteiger partial charge in [-0.2, -0.15) is 25.5 Å². The van der Waals surface area contributed by atoms with E-state index < -0.39 is 7.15 Å². The van der Waals surface area contributed by atoms with Crippen LogP contribution >= 0.6 is 0 Å². The van der Waals surface area contributed by atoms with Crippen LogP contribution in [0.3, 0.4) is 0 Å². The molecule has 2 radical (unpaired) electrons. The maximum atomic E-state index is 10.8. The predicted octanol–water partition coefficient (Wildman–Crippen LogP) is 10.6. The molecule has 0 bridgehead atoms. The number of fused-ring (bicyclic) bond motifs is 3. The Morgan fingerprint density at radius 2 is 0.875 bits per heavy atom. The number of hydrogen-bond donors (Lipinski definition) is 0. The van der Waals surface area contributed by atoms with Crippen LogP contribution in [0, 0.1) is 51.9 Å².